The zero-order valence-corrected chi connectivity index (χ0v) is 35.5. The number of aromatic nitrogens is 4. The lowest BCUT2D eigenvalue weighted by Gasteiger charge is -2.49. The lowest BCUT2D eigenvalue weighted by Crippen LogP contribution is -2.71. The Morgan fingerprint density at radius 2 is 1.59 bits per heavy atom. The summed E-state index contributed by atoms with van der Waals surface area (Å²) in [6.45, 7) is -0.0129. The molecule has 310 valence electrons. The van der Waals surface area contributed by atoms with Gasteiger partial charge < -0.3 is 25.4 Å². The monoisotopic (exact) mass is 872 g/mol. The zero-order chi connectivity index (χ0) is 42.3. The van der Waals surface area contributed by atoms with Gasteiger partial charge in [0.05, 0.1) is 13.3 Å². The number of hydrogen-bond acceptors (Lipinski definition) is 14. The lowest BCUT2D eigenvalue weighted by molar-refractivity contribution is -0.153. The van der Waals surface area contributed by atoms with Crippen molar-refractivity contribution in [2.75, 3.05) is 24.3 Å². The van der Waals surface area contributed by atoms with Crippen molar-refractivity contribution in [3.05, 3.63) is 166 Å². The van der Waals surface area contributed by atoms with Gasteiger partial charge in [-0.2, -0.15) is 9.90 Å². The minimum absolute atomic E-state index is 0.0129. The predicted octanol–water partition coefficient (Wildman–Crippen LogP) is 6.16. The molecule has 0 unspecified atom stereocenters. The Bertz CT molecular complexity index is 2470. The van der Waals surface area contributed by atoms with Crippen molar-refractivity contribution >= 4 is 63.5 Å². The molecular formula is C44H40N8O6S3. The standard InChI is InChI=1S/C44H40N8O6S3/c1-51-46-24-35(49-51)59-23-22-29-26-60-41-37(40(54)52(41)38(29)42(55)57-25-28-18-20-33(56-2)21-19-28)48-39(53)36(34-27-61-43(45)47-34)50-58-44(30-12-6-3-7-13-30,31-14-8-4-9-15-31)32-16-10-5-11-17-32/h3-21,24,27,37,41H,22-23,25-26H2,1-2H3,(H2,45,47)(H,48,53)/b50-36-/t37-,41-/m1/s1. The fourth-order valence-electron chi connectivity index (χ4n) is 7.08. The molecule has 61 heavy (non-hydrogen) atoms. The van der Waals surface area contributed by atoms with E-state index in [9.17, 15) is 14.4 Å². The summed E-state index contributed by atoms with van der Waals surface area (Å²) in [6, 6.07) is 35.0. The SMILES string of the molecule is COc1ccc(COC(=O)C2=C(CCSc3cnn(C)n3)CS[C@@H]3[C@H](NC(=O)/C(=N\OC(c4ccccc4)(c4ccccc4)c4ccccc4)c4csc(N)n4)C(=O)N23)cc1. The van der Waals surface area contributed by atoms with E-state index < -0.39 is 34.8 Å². The Balaban J connectivity index is 1.08. The van der Waals surface area contributed by atoms with Gasteiger partial charge in [0.1, 0.15) is 40.2 Å². The highest BCUT2D eigenvalue weighted by Gasteiger charge is 2.55. The molecular weight excluding hydrogens is 833 g/mol. The number of nitrogens with zero attached hydrogens (tertiary/aromatic N) is 6. The van der Waals surface area contributed by atoms with Gasteiger partial charge in [-0.3, -0.25) is 14.5 Å². The lowest BCUT2D eigenvalue weighted by atomic mass is 9.80. The van der Waals surface area contributed by atoms with E-state index in [1.807, 2.05) is 91.0 Å². The van der Waals surface area contributed by atoms with E-state index in [0.717, 1.165) is 44.2 Å². The second kappa shape index (κ2) is 18.5. The van der Waals surface area contributed by atoms with Crippen LogP contribution in [0, 0.1) is 0 Å². The Labute approximate surface area is 364 Å². The topological polar surface area (TPSA) is 176 Å². The van der Waals surface area contributed by atoms with Crippen molar-refractivity contribution in [1.29, 1.82) is 0 Å². The van der Waals surface area contributed by atoms with Gasteiger partial charge in [0.15, 0.2) is 10.8 Å². The Morgan fingerprint density at radius 1 is 0.951 bits per heavy atom. The van der Waals surface area contributed by atoms with Crippen molar-refractivity contribution in [1.82, 2.24) is 30.2 Å². The summed E-state index contributed by atoms with van der Waals surface area (Å²) in [4.78, 5) is 56.6. The summed E-state index contributed by atoms with van der Waals surface area (Å²) in [5.41, 5.74) is 8.75. The first-order chi connectivity index (χ1) is 29.7. The van der Waals surface area contributed by atoms with Gasteiger partial charge in [-0.05, 0) is 29.7 Å². The van der Waals surface area contributed by atoms with E-state index in [1.54, 1.807) is 50.0 Å². The quantitative estimate of drug-likeness (QED) is 0.0284. The molecule has 6 aromatic rings. The van der Waals surface area contributed by atoms with Crippen LogP contribution in [0.25, 0.3) is 0 Å². The molecule has 0 radical (unpaired) electrons. The van der Waals surface area contributed by atoms with Gasteiger partial charge >= 0.3 is 5.97 Å². The third-order valence-electron chi connectivity index (χ3n) is 10.1. The van der Waals surface area contributed by atoms with Gasteiger partial charge in [0, 0.05) is 40.6 Å². The van der Waals surface area contributed by atoms with E-state index in [1.165, 1.54) is 33.2 Å². The molecule has 4 heterocycles. The number of nitrogens with one attached hydrogen (secondary N) is 1. The molecule has 3 N–H and O–H groups in total. The summed E-state index contributed by atoms with van der Waals surface area (Å²) in [5, 5.41) is 17.9. The number of amides is 2. The third-order valence-corrected chi connectivity index (χ3v) is 13.0. The highest BCUT2D eigenvalue weighted by Crippen LogP contribution is 2.43. The number of methoxy groups -OCH3 is 1. The molecule has 2 aromatic heterocycles. The maximum Gasteiger partial charge on any atom is 0.355 e. The maximum absolute atomic E-state index is 14.5. The van der Waals surface area contributed by atoms with Gasteiger partial charge in [0.25, 0.3) is 11.8 Å². The van der Waals surface area contributed by atoms with Crippen LogP contribution in [-0.4, -0.2) is 78.4 Å². The molecule has 1 fully saturated rings. The number of nitrogens with two attached hydrogens (primary N) is 1. The molecule has 2 aliphatic heterocycles. The summed E-state index contributed by atoms with van der Waals surface area (Å²) in [6.07, 6.45) is 2.16. The van der Waals surface area contributed by atoms with Crippen molar-refractivity contribution in [3.63, 3.8) is 0 Å². The molecule has 1 saturated heterocycles. The number of aryl methyl sites for hydroxylation is 1. The number of anilines is 1. The Hall–Kier alpha value is -6.43. The smallest absolute Gasteiger partial charge is 0.355 e. The molecule has 0 aliphatic carbocycles. The highest BCUT2D eigenvalue weighted by atomic mass is 32.2. The molecule has 4 aromatic carbocycles. The van der Waals surface area contributed by atoms with Gasteiger partial charge in [-0.1, -0.05) is 108 Å². The van der Waals surface area contributed by atoms with Gasteiger partial charge in [-0.25, -0.2) is 9.78 Å². The van der Waals surface area contributed by atoms with E-state index in [0.29, 0.717) is 23.7 Å². The molecule has 14 nitrogen and oxygen atoms in total. The zero-order valence-electron chi connectivity index (χ0n) is 33.0. The molecule has 0 bridgehead atoms. The van der Waals surface area contributed by atoms with Crippen LogP contribution >= 0.6 is 34.9 Å². The van der Waals surface area contributed by atoms with Crippen LogP contribution in [-0.2, 0) is 43.2 Å². The first-order valence-corrected chi connectivity index (χ1v) is 22.1. The summed E-state index contributed by atoms with van der Waals surface area (Å²) < 4.78 is 11.1. The number of carbonyl (C=O) groups excluding carboxylic acids is 3. The second-order valence-corrected chi connectivity index (χ2v) is 17.0. The fourth-order valence-corrected chi connectivity index (χ4v) is 9.87. The summed E-state index contributed by atoms with van der Waals surface area (Å²) in [5.74, 6) is -0.115. The number of fused-ring (bicyclic) bond motifs is 1. The molecule has 0 spiro atoms. The first-order valence-electron chi connectivity index (χ1n) is 19.2. The fraction of sp³-hybridized carbons (Fsp3) is 0.205. The van der Waals surface area contributed by atoms with Crippen LogP contribution < -0.4 is 15.8 Å². The number of ether oxygens (including phenoxy) is 2. The van der Waals surface area contributed by atoms with Gasteiger partial charge in [0.2, 0.25) is 5.60 Å². The molecule has 2 aliphatic rings. The number of oxime groups is 1. The molecule has 0 saturated carbocycles. The minimum Gasteiger partial charge on any atom is -0.497 e. The van der Waals surface area contributed by atoms with Crippen LogP contribution in [0.3, 0.4) is 0 Å². The molecule has 8 rings (SSSR count). The van der Waals surface area contributed by atoms with E-state index in [4.69, 9.17) is 20.0 Å². The number of hydrogen-bond donors (Lipinski definition) is 2. The van der Waals surface area contributed by atoms with Crippen LogP contribution in [0.5, 0.6) is 5.75 Å². The van der Waals surface area contributed by atoms with Crippen LogP contribution in [0.2, 0.25) is 0 Å². The van der Waals surface area contributed by atoms with E-state index in [-0.39, 0.29) is 28.8 Å². The number of benzene rings is 4. The van der Waals surface area contributed by atoms with Crippen LogP contribution in [0.1, 0.15) is 34.4 Å². The van der Waals surface area contributed by atoms with Crippen molar-refractivity contribution in [2.24, 2.45) is 12.2 Å². The van der Waals surface area contributed by atoms with Crippen LogP contribution in [0.15, 0.2) is 148 Å². The minimum atomic E-state index is -1.30. The summed E-state index contributed by atoms with van der Waals surface area (Å²) in [7, 11) is 3.32. The Kier molecular flexibility index (Phi) is 12.5. The Morgan fingerprint density at radius 3 is 2.15 bits per heavy atom. The summed E-state index contributed by atoms with van der Waals surface area (Å²) >= 11 is 4.09. The largest absolute Gasteiger partial charge is 0.497 e. The highest BCUT2D eigenvalue weighted by molar-refractivity contribution is 8.00. The first kappa shape index (κ1) is 41.3. The second-order valence-electron chi connectivity index (χ2n) is 13.9. The van der Waals surface area contributed by atoms with Gasteiger partial charge in [-0.15, -0.1) is 40.0 Å². The normalized spacial score (nSPS) is 16.4. The van der Waals surface area contributed by atoms with Crippen LogP contribution in [0.4, 0.5) is 5.13 Å². The average molecular weight is 873 g/mol. The number of carbonyl (C=O) groups is 3. The number of thioether (sulfide) groups is 2. The number of β-lactam (4-membered cyclic amide) rings is 1. The van der Waals surface area contributed by atoms with Crippen molar-refractivity contribution < 1.29 is 28.7 Å². The van der Waals surface area contributed by atoms with E-state index >= 15 is 0 Å². The number of thiazole rings is 1. The maximum atomic E-state index is 14.5. The number of esters is 1. The van der Waals surface area contributed by atoms with E-state index in [2.05, 4.69) is 25.7 Å². The molecule has 17 heteroatoms. The average Bonchev–Trinajstić information content (AvgIpc) is 3.93. The van der Waals surface area contributed by atoms with Crippen molar-refractivity contribution in [3.8, 4) is 5.75 Å². The predicted molar refractivity (Wildman–Crippen MR) is 235 cm³/mol. The third kappa shape index (κ3) is 8.75. The number of rotatable bonds is 16. The number of nitrogen functional groups attached to an aromatic ring is 1. The van der Waals surface area contributed by atoms with Crippen molar-refractivity contribution in [2.45, 2.75) is 35.1 Å². The molecule has 2 atom stereocenters. The molecule has 2 amide bonds.